The molecule has 1 aromatic heterocycles. The number of aryl methyl sites for hydroxylation is 1. The standard InChI is InChI=1S/C13H13Cl3N4O2/c1-3-22-13(21)10-11(17)20(2)19-12(10)18-9-5-7(15)6(14)4-8(9)16/h4-5H,3,17H2,1-2H3,(H,18,19). The van der Waals surface area contributed by atoms with Gasteiger partial charge in [-0.1, -0.05) is 34.8 Å². The van der Waals surface area contributed by atoms with Gasteiger partial charge in [-0.15, -0.1) is 0 Å². The van der Waals surface area contributed by atoms with Gasteiger partial charge in [0.1, 0.15) is 11.4 Å². The molecule has 118 valence electrons. The second-order valence-corrected chi connectivity index (χ2v) is 5.55. The second-order valence-electron chi connectivity index (χ2n) is 4.32. The van der Waals surface area contributed by atoms with Gasteiger partial charge in [-0.2, -0.15) is 5.10 Å². The molecule has 0 bridgehead atoms. The average molecular weight is 364 g/mol. The Morgan fingerprint density at radius 3 is 2.59 bits per heavy atom. The number of rotatable bonds is 4. The topological polar surface area (TPSA) is 82.2 Å². The number of aromatic nitrogens is 2. The van der Waals surface area contributed by atoms with Crippen LogP contribution in [0, 0.1) is 0 Å². The van der Waals surface area contributed by atoms with Gasteiger partial charge >= 0.3 is 5.97 Å². The summed E-state index contributed by atoms with van der Waals surface area (Å²) in [7, 11) is 1.61. The SMILES string of the molecule is CCOC(=O)c1c(Nc2cc(Cl)c(Cl)cc2Cl)nn(C)c1N. The molecule has 2 rings (SSSR count). The van der Waals surface area contributed by atoms with Crippen LogP contribution in [0.4, 0.5) is 17.3 Å². The molecule has 0 saturated carbocycles. The van der Waals surface area contributed by atoms with Crippen LogP contribution < -0.4 is 11.1 Å². The molecule has 0 fully saturated rings. The average Bonchev–Trinajstić information content (AvgIpc) is 2.71. The fourth-order valence-electron chi connectivity index (χ4n) is 1.77. The summed E-state index contributed by atoms with van der Waals surface area (Å²) >= 11 is 18.0. The summed E-state index contributed by atoms with van der Waals surface area (Å²) < 4.78 is 6.34. The van der Waals surface area contributed by atoms with Crippen molar-refractivity contribution >= 4 is 58.1 Å². The minimum atomic E-state index is -0.577. The van der Waals surface area contributed by atoms with Crippen molar-refractivity contribution in [1.82, 2.24) is 9.78 Å². The molecular weight excluding hydrogens is 351 g/mol. The first-order valence-corrected chi connectivity index (χ1v) is 7.39. The predicted molar refractivity (Wildman–Crippen MR) is 88.3 cm³/mol. The highest BCUT2D eigenvalue weighted by atomic mass is 35.5. The smallest absolute Gasteiger partial charge is 0.345 e. The van der Waals surface area contributed by atoms with Crippen LogP contribution in [0.15, 0.2) is 12.1 Å². The van der Waals surface area contributed by atoms with Crippen LogP contribution in [0.25, 0.3) is 0 Å². The number of nitrogens with two attached hydrogens (primary N) is 1. The second kappa shape index (κ2) is 6.64. The lowest BCUT2D eigenvalue weighted by Gasteiger charge is -2.09. The highest BCUT2D eigenvalue weighted by Gasteiger charge is 2.23. The molecule has 0 saturated heterocycles. The number of anilines is 3. The van der Waals surface area contributed by atoms with E-state index in [2.05, 4.69) is 10.4 Å². The van der Waals surface area contributed by atoms with E-state index in [0.29, 0.717) is 20.8 Å². The van der Waals surface area contributed by atoms with Crippen LogP contribution in [0.3, 0.4) is 0 Å². The number of benzene rings is 1. The van der Waals surface area contributed by atoms with Crippen molar-refractivity contribution in [2.24, 2.45) is 7.05 Å². The Bertz CT molecular complexity index is 731. The first-order chi connectivity index (χ1) is 10.3. The number of ether oxygens (including phenoxy) is 1. The summed E-state index contributed by atoms with van der Waals surface area (Å²) in [5, 5.41) is 8.03. The lowest BCUT2D eigenvalue weighted by Crippen LogP contribution is -2.09. The number of hydrogen-bond acceptors (Lipinski definition) is 5. The van der Waals surface area contributed by atoms with E-state index >= 15 is 0 Å². The van der Waals surface area contributed by atoms with Crippen molar-refractivity contribution in [2.45, 2.75) is 6.92 Å². The van der Waals surface area contributed by atoms with Crippen LogP contribution in [0.2, 0.25) is 15.1 Å². The quantitative estimate of drug-likeness (QED) is 0.636. The highest BCUT2D eigenvalue weighted by molar-refractivity contribution is 6.44. The molecule has 0 atom stereocenters. The van der Waals surface area contributed by atoms with Crippen molar-refractivity contribution in [1.29, 1.82) is 0 Å². The lowest BCUT2D eigenvalue weighted by molar-refractivity contribution is 0.0528. The van der Waals surface area contributed by atoms with E-state index in [4.69, 9.17) is 45.3 Å². The maximum atomic E-state index is 12.0. The minimum absolute atomic E-state index is 0.131. The molecule has 2 aromatic rings. The van der Waals surface area contributed by atoms with E-state index in [1.807, 2.05) is 0 Å². The van der Waals surface area contributed by atoms with Gasteiger partial charge in [0, 0.05) is 7.05 Å². The fraction of sp³-hybridized carbons (Fsp3) is 0.231. The molecule has 6 nitrogen and oxygen atoms in total. The molecule has 22 heavy (non-hydrogen) atoms. The third-order valence-corrected chi connectivity index (χ3v) is 3.87. The molecule has 3 N–H and O–H groups in total. The molecular formula is C13H13Cl3N4O2. The van der Waals surface area contributed by atoms with Gasteiger partial charge in [-0.25, -0.2) is 4.79 Å². The third-order valence-electron chi connectivity index (χ3n) is 2.83. The largest absolute Gasteiger partial charge is 0.462 e. The van der Waals surface area contributed by atoms with Crippen molar-refractivity contribution < 1.29 is 9.53 Å². The first-order valence-electron chi connectivity index (χ1n) is 6.26. The zero-order chi connectivity index (χ0) is 16.4. The minimum Gasteiger partial charge on any atom is -0.462 e. The number of hydrogen-bond donors (Lipinski definition) is 2. The molecule has 0 radical (unpaired) electrons. The number of carbonyl (C=O) groups excluding carboxylic acids is 1. The summed E-state index contributed by atoms with van der Waals surface area (Å²) in [5.74, 6) is -0.178. The van der Waals surface area contributed by atoms with E-state index in [1.54, 1.807) is 14.0 Å². The van der Waals surface area contributed by atoms with Crippen LogP contribution in [0.1, 0.15) is 17.3 Å². The molecule has 0 aliphatic rings. The van der Waals surface area contributed by atoms with E-state index in [-0.39, 0.29) is 23.8 Å². The number of carbonyl (C=O) groups is 1. The molecule has 0 aliphatic heterocycles. The molecule has 0 unspecified atom stereocenters. The van der Waals surface area contributed by atoms with Crippen molar-refractivity contribution in [2.75, 3.05) is 17.7 Å². The normalized spacial score (nSPS) is 10.6. The maximum absolute atomic E-state index is 12.0. The maximum Gasteiger partial charge on any atom is 0.345 e. The first kappa shape index (κ1) is 16.7. The third kappa shape index (κ3) is 3.24. The Kier molecular flexibility index (Phi) is 5.05. The monoisotopic (exact) mass is 362 g/mol. The Hall–Kier alpha value is -1.63. The Labute approximate surface area is 142 Å². The fourth-order valence-corrected chi connectivity index (χ4v) is 2.37. The summed E-state index contributed by atoms with van der Waals surface area (Å²) in [4.78, 5) is 12.0. The van der Waals surface area contributed by atoms with Gasteiger partial charge in [-0.3, -0.25) is 4.68 Å². The van der Waals surface area contributed by atoms with Crippen LogP contribution in [0.5, 0.6) is 0 Å². The van der Waals surface area contributed by atoms with Gasteiger partial charge < -0.3 is 15.8 Å². The number of halogens is 3. The molecule has 0 amide bonds. The Morgan fingerprint density at radius 1 is 1.32 bits per heavy atom. The van der Waals surface area contributed by atoms with Crippen LogP contribution in [-0.2, 0) is 11.8 Å². The molecule has 1 heterocycles. The van der Waals surface area contributed by atoms with Crippen LogP contribution >= 0.6 is 34.8 Å². The van der Waals surface area contributed by atoms with E-state index < -0.39 is 5.97 Å². The van der Waals surface area contributed by atoms with Crippen molar-refractivity contribution in [3.63, 3.8) is 0 Å². The molecule has 9 heteroatoms. The van der Waals surface area contributed by atoms with Gasteiger partial charge in [-0.05, 0) is 19.1 Å². The van der Waals surface area contributed by atoms with Crippen molar-refractivity contribution in [3.8, 4) is 0 Å². The molecule has 1 aromatic carbocycles. The number of nitrogen functional groups attached to an aromatic ring is 1. The lowest BCUT2D eigenvalue weighted by atomic mass is 10.2. The highest BCUT2D eigenvalue weighted by Crippen LogP contribution is 2.35. The summed E-state index contributed by atoms with van der Waals surface area (Å²) in [6.07, 6.45) is 0. The van der Waals surface area contributed by atoms with Crippen molar-refractivity contribution in [3.05, 3.63) is 32.8 Å². The summed E-state index contributed by atoms with van der Waals surface area (Å²) in [5.41, 5.74) is 6.43. The van der Waals surface area contributed by atoms with E-state index in [0.717, 1.165) is 0 Å². The molecule has 0 aliphatic carbocycles. The van der Waals surface area contributed by atoms with Gasteiger partial charge in [0.15, 0.2) is 5.82 Å². The Morgan fingerprint density at radius 2 is 1.95 bits per heavy atom. The molecule has 0 spiro atoms. The number of nitrogens with one attached hydrogen (secondary N) is 1. The zero-order valence-corrected chi connectivity index (χ0v) is 14.1. The number of nitrogens with zero attached hydrogens (tertiary/aromatic N) is 2. The van der Waals surface area contributed by atoms with E-state index in [9.17, 15) is 4.79 Å². The number of esters is 1. The van der Waals surface area contributed by atoms with Crippen LogP contribution in [-0.4, -0.2) is 22.4 Å². The summed E-state index contributed by atoms with van der Waals surface area (Å²) in [6, 6.07) is 3.02. The predicted octanol–water partition coefficient (Wildman–Crippen LogP) is 3.88. The van der Waals surface area contributed by atoms with Gasteiger partial charge in [0.2, 0.25) is 0 Å². The Balaban J connectivity index is 2.44. The van der Waals surface area contributed by atoms with Gasteiger partial charge in [0.25, 0.3) is 0 Å². The summed E-state index contributed by atoms with van der Waals surface area (Å²) in [6.45, 7) is 1.92. The van der Waals surface area contributed by atoms with E-state index in [1.165, 1.54) is 16.8 Å². The zero-order valence-electron chi connectivity index (χ0n) is 11.8. The van der Waals surface area contributed by atoms with Gasteiger partial charge in [0.05, 0.1) is 27.4 Å².